The molecule has 112 valence electrons. The molecule has 1 aromatic carbocycles. The van der Waals surface area contributed by atoms with Gasteiger partial charge in [-0.15, -0.1) is 0 Å². The molecule has 2 rings (SSSR count). The molecule has 0 bridgehead atoms. The van der Waals surface area contributed by atoms with E-state index in [1.54, 1.807) is 0 Å². The molecule has 1 heterocycles. The summed E-state index contributed by atoms with van der Waals surface area (Å²) < 4.78 is 6.52. The van der Waals surface area contributed by atoms with E-state index in [1.807, 2.05) is 38.1 Å². The van der Waals surface area contributed by atoms with Crippen molar-refractivity contribution in [2.24, 2.45) is 0 Å². The minimum absolute atomic E-state index is 0.566. The summed E-state index contributed by atoms with van der Waals surface area (Å²) in [6.45, 7) is 6.11. The van der Waals surface area contributed by atoms with Gasteiger partial charge in [0.15, 0.2) is 0 Å². The average molecular weight is 351 g/mol. The number of anilines is 2. The molecule has 1 aromatic heterocycles. The highest BCUT2D eigenvalue weighted by molar-refractivity contribution is 9.10. The summed E-state index contributed by atoms with van der Waals surface area (Å²) >= 11 is 3.50. The SMILES string of the molecule is CCNc1ncnc(NCCOc2cccc(C)c2)c1Br. The zero-order valence-electron chi connectivity index (χ0n) is 12.2. The van der Waals surface area contributed by atoms with Crippen molar-refractivity contribution in [2.75, 3.05) is 30.3 Å². The maximum absolute atomic E-state index is 5.69. The number of ether oxygens (including phenoxy) is 1. The van der Waals surface area contributed by atoms with Crippen LogP contribution in [0.4, 0.5) is 11.6 Å². The van der Waals surface area contributed by atoms with Crippen molar-refractivity contribution in [3.05, 3.63) is 40.6 Å². The molecule has 2 N–H and O–H groups in total. The number of aromatic nitrogens is 2. The highest BCUT2D eigenvalue weighted by atomic mass is 79.9. The van der Waals surface area contributed by atoms with E-state index in [0.717, 1.165) is 28.4 Å². The van der Waals surface area contributed by atoms with Crippen LogP contribution < -0.4 is 15.4 Å². The van der Waals surface area contributed by atoms with Gasteiger partial charge < -0.3 is 15.4 Å². The summed E-state index contributed by atoms with van der Waals surface area (Å²) in [7, 11) is 0. The minimum Gasteiger partial charge on any atom is -0.492 e. The fourth-order valence-corrected chi connectivity index (χ4v) is 2.31. The first kappa shape index (κ1) is 15.6. The molecule has 5 nitrogen and oxygen atoms in total. The molecule has 0 radical (unpaired) electrons. The summed E-state index contributed by atoms with van der Waals surface area (Å²) in [6.07, 6.45) is 1.53. The first-order valence-electron chi connectivity index (χ1n) is 6.88. The van der Waals surface area contributed by atoms with E-state index in [4.69, 9.17) is 4.74 Å². The maximum Gasteiger partial charge on any atom is 0.146 e. The first-order chi connectivity index (χ1) is 10.2. The molecule has 0 saturated heterocycles. The Balaban J connectivity index is 1.85. The van der Waals surface area contributed by atoms with Crippen LogP contribution in [-0.2, 0) is 0 Å². The Morgan fingerprint density at radius 2 is 1.95 bits per heavy atom. The van der Waals surface area contributed by atoms with Crippen molar-refractivity contribution >= 4 is 27.6 Å². The lowest BCUT2D eigenvalue weighted by Crippen LogP contribution is -2.13. The normalized spacial score (nSPS) is 10.2. The first-order valence-corrected chi connectivity index (χ1v) is 7.67. The standard InChI is InChI=1S/C15H19BrN4O/c1-3-17-14-13(16)15(20-10-19-14)18-7-8-21-12-6-4-5-11(2)9-12/h4-6,9-10H,3,7-8H2,1-2H3,(H2,17,18,19,20). The number of aryl methyl sites for hydroxylation is 1. The molecule has 0 fully saturated rings. The van der Waals surface area contributed by atoms with E-state index < -0.39 is 0 Å². The Hall–Kier alpha value is -1.82. The summed E-state index contributed by atoms with van der Waals surface area (Å²) in [5.41, 5.74) is 1.19. The van der Waals surface area contributed by atoms with Gasteiger partial charge in [-0.1, -0.05) is 12.1 Å². The van der Waals surface area contributed by atoms with Gasteiger partial charge in [-0.05, 0) is 47.5 Å². The molecule has 0 saturated carbocycles. The van der Waals surface area contributed by atoms with Gasteiger partial charge in [0.2, 0.25) is 0 Å². The molecular formula is C15H19BrN4O. The fraction of sp³-hybridized carbons (Fsp3) is 0.333. The number of rotatable bonds is 7. The molecule has 0 unspecified atom stereocenters. The van der Waals surface area contributed by atoms with E-state index in [-0.39, 0.29) is 0 Å². The number of hydrogen-bond donors (Lipinski definition) is 2. The van der Waals surface area contributed by atoms with Crippen LogP contribution in [0.2, 0.25) is 0 Å². The number of nitrogens with one attached hydrogen (secondary N) is 2. The molecule has 0 amide bonds. The van der Waals surface area contributed by atoms with Crippen LogP contribution in [0.5, 0.6) is 5.75 Å². The smallest absolute Gasteiger partial charge is 0.146 e. The topological polar surface area (TPSA) is 59.1 Å². The van der Waals surface area contributed by atoms with Gasteiger partial charge in [0, 0.05) is 6.54 Å². The second-order valence-electron chi connectivity index (χ2n) is 4.51. The van der Waals surface area contributed by atoms with Crippen LogP contribution in [-0.4, -0.2) is 29.7 Å². The zero-order chi connectivity index (χ0) is 15.1. The highest BCUT2D eigenvalue weighted by Crippen LogP contribution is 2.26. The van der Waals surface area contributed by atoms with Gasteiger partial charge in [0.05, 0.1) is 6.54 Å². The fourth-order valence-electron chi connectivity index (χ4n) is 1.83. The Labute approximate surface area is 133 Å². The monoisotopic (exact) mass is 350 g/mol. The second-order valence-corrected chi connectivity index (χ2v) is 5.30. The van der Waals surface area contributed by atoms with Gasteiger partial charge >= 0.3 is 0 Å². The van der Waals surface area contributed by atoms with E-state index in [0.29, 0.717) is 13.2 Å². The molecular weight excluding hydrogens is 332 g/mol. The Morgan fingerprint density at radius 3 is 2.67 bits per heavy atom. The molecule has 0 aliphatic rings. The van der Waals surface area contributed by atoms with Crippen LogP contribution in [0.25, 0.3) is 0 Å². The lowest BCUT2D eigenvalue weighted by Gasteiger charge is -2.11. The van der Waals surface area contributed by atoms with Gasteiger partial charge in [-0.25, -0.2) is 9.97 Å². The average Bonchev–Trinajstić information content (AvgIpc) is 2.47. The van der Waals surface area contributed by atoms with Crippen molar-refractivity contribution in [2.45, 2.75) is 13.8 Å². The molecule has 0 spiro atoms. The largest absolute Gasteiger partial charge is 0.492 e. The predicted octanol–water partition coefficient (Wildman–Crippen LogP) is 3.47. The maximum atomic E-state index is 5.69. The molecule has 0 aliphatic carbocycles. The summed E-state index contributed by atoms with van der Waals surface area (Å²) in [4.78, 5) is 8.39. The van der Waals surface area contributed by atoms with Crippen LogP contribution in [0.1, 0.15) is 12.5 Å². The van der Waals surface area contributed by atoms with E-state index in [2.05, 4.69) is 36.5 Å². The zero-order valence-corrected chi connectivity index (χ0v) is 13.8. The lowest BCUT2D eigenvalue weighted by atomic mass is 10.2. The van der Waals surface area contributed by atoms with Crippen LogP contribution in [0.15, 0.2) is 35.1 Å². The summed E-state index contributed by atoms with van der Waals surface area (Å²) in [5.74, 6) is 2.43. The van der Waals surface area contributed by atoms with Gasteiger partial charge in [0.25, 0.3) is 0 Å². The molecule has 0 aliphatic heterocycles. The lowest BCUT2D eigenvalue weighted by molar-refractivity contribution is 0.332. The molecule has 0 atom stereocenters. The Morgan fingerprint density at radius 1 is 1.19 bits per heavy atom. The third kappa shape index (κ3) is 4.60. The van der Waals surface area contributed by atoms with Crippen LogP contribution >= 0.6 is 15.9 Å². The van der Waals surface area contributed by atoms with Crippen molar-refractivity contribution in [3.63, 3.8) is 0 Å². The number of halogens is 1. The number of benzene rings is 1. The Kier molecular flexibility index (Phi) is 5.80. The third-order valence-electron chi connectivity index (χ3n) is 2.79. The summed E-state index contributed by atoms with van der Waals surface area (Å²) in [6, 6.07) is 8.01. The van der Waals surface area contributed by atoms with E-state index >= 15 is 0 Å². The number of nitrogens with zero attached hydrogens (tertiary/aromatic N) is 2. The van der Waals surface area contributed by atoms with Crippen LogP contribution in [0, 0.1) is 6.92 Å². The Bertz CT molecular complexity index is 592. The van der Waals surface area contributed by atoms with Crippen molar-refractivity contribution < 1.29 is 4.74 Å². The minimum atomic E-state index is 0.566. The van der Waals surface area contributed by atoms with Gasteiger partial charge in [0.1, 0.15) is 34.8 Å². The second kappa shape index (κ2) is 7.83. The van der Waals surface area contributed by atoms with Crippen molar-refractivity contribution in [1.82, 2.24) is 9.97 Å². The van der Waals surface area contributed by atoms with E-state index in [9.17, 15) is 0 Å². The molecule has 2 aromatic rings. The number of hydrogen-bond acceptors (Lipinski definition) is 5. The highest BCUT2D eigenvalue weighted by Gasteiger charge is 2.07. The quantitative estimate of drug-likeness (QED) is 0.748. The van der Waals surface area contributed by atoms with E-state index in [1.165, 1.54) is 11.9 Å². The van der Waals surface area contributed by atoms with Crippen LogP contribution in [0.3, 0.4) is 0 Å². The molecule has 21 heavy (non-hydrogen) atoms. The predicted molar refractivity (Wildman–Crippen MR) is 89.1 cm³/mol. The van der Waals surface area contributed by atoms with Crippen molar-refractivity contribution in [1.29, 1.82) is 0 Å². The third-order valence-corrected chi connectivity index (χ3v) is 3.54. The van der Waals surface area contributed by atoms with Crippen molar-refractivity contribution in [3.8, 4) is 5.75 Å². The molecule has 6 heteroatoms. The van der Waals surface area contributed by atoms with Gasteiger partial charge in [-0.2, -0.15) is 0 Å². The summed E-state index contributed by atoms with van der Waals surface area (Å²) in [5, 5.41) is 6.40. The van der Waals surface area contributed by atoms with Gasteiger partial charge in [-0.3, -0.25) is 0 Å².